The second-order valence-corrected chi connectivity index (χ2v) is 7.58. The molecule has 37 heavy (non-hydrogen) atoms. The van der Waals surface area contributed by atoms with E-state index < -0.39 is 23.7 Å². The maximum Gasteiger partial charge on any atom is 0.343 e. The highest BCUT2D eigenvalue weighted by atomic mass is 16.5. The van der Waals surface area contributed by atoms with Gasteiger partial charge in [0.05, 0.1) is 11.8 Å². The van der Waals surface area contributed by atoms with Crippen LogP contribution in [0.4, 0.5) is 5.69 Å². The molecule has 0 saturated heterocycles. The number of hydrogen-bond donors (Lipinski definition) is 3. The predicted molar refractivity (Wildman–Crippen MR) is 136 cm³/mol. The van der Waals surface area contributed by atoms with Gasteiger partial charge in [-0.05, 0) is 60.7 Å². The van der Waals surface area contributed by atoms with Crippen molar-refractivity contribution < 1.29 is 28.3 Å². The molecule has 1 heterocycles. The average Bonchev–Trinajstić information content (AvgIpc) is 3.47. The number of esters is 1. The van der Waals surface area contributed by atoms with Gasteiger partial charge >= 0.3 is 5.97 Å². The molecule has 0 aliphatic rings. The van der Waals surface area contributed by atoms with Crippen LogP contribution in [0, 0.1) is 0 Å². The number of rotatable bonds is 7. The van der Waals surface area contributed by atoms with Gasteiger partial charge in [-0.3, -0.25) is 25.2 Å². The fraction of sp³-hybridized carbons (Fsp3) is 0. The van der Waals surface area contributed by atoms with Crippen LogP contribution in [0.5, 0.6) is 5.75 Å². The van der Waals surface area contributed by atoms with Gasteiger partial charge in [0.15, 0.2) is 5.76 Å². The molecule has 0 fully saturated rings. The Kier molecular flexibility index (Phi) is 7.87. The Morgan fingerprint density at radius 3 is 2.16 bits per heavy atom. The Labute approximate surface area is 211 Å². The zero-order chi connectivity index (χ0) is 26.0. The van der Waals surface area contributed by atoms with Gasteiger partial charge in [0.1, 0.15) is 5.75 Å². The zero-order valence-electron chi connectivity index (χ0n) is 19.3. The third kappa shape index (κ3) is 6.80. The summed E-state index contributed by atoms with van der Waals surface area (Å²) in [7, 11) is 0. The summed E-state index contributed by atoms with van der Waals surface area (Å²) in [6.07, 6.45) is 4.06. The van der Waals surface area contributed by atoms with Gasteiger partial charge in [-0.2, -0.15) is 0 Å². The van der Waals surface area contributed by atoms with Crippen molar-refractivity contribution in [3.63, 3.8) is 0 Å². The molecule has 9 nitrogen and oxygen atoms in total. The van der Waals surface area contributed by atoms with Crippen molar-refractivity contribution in [1.82, 2.24) is 10.9 Å². The summed E-state index contributed by atoms with van der Waals surface area (Å²) in [5, 5.41) is 2.64. The maximum atomic E-state index is 12.3. The number of nitrogens with one attached hydrogen (secondary N) is 3. The van der Waals surface area contributed by atoms with Crippen molar-refractivity contribution in [2.24, 2.45) is 0 Å². The molecule has 3 aromatic carbocycles. The van der Waals surface area contributed by atoms with E-state index in [1.807, 2.05) is 0 Å². The minimum Gasteiger partial charge on any atom is -0.459 e. The first kappa shape index (κ1) is 24.7. The van der Waals surface area contributed by atoms with E-state index in [0.29, 0.717) is 16.8 Å². The van der Waals surface area contributed by atoms with Crippen LogP contribution in [0.2, 0.25) is 0 Å². The molecule has 9 heteroatoms. The van der Waals surface area contributed by atoms with Crippen molar-refractivity contribution in [3.8, 4) is 5.75 Å². The molecule has 184 valence electrons. The Morgan fingerprint density at radius 2 is 1.43 bits per heavy atom. The van der Waals surface area contributed by atoms with Gasteiger partial charge in [-0.1, -0.05) is 36.4 Å². The van der Waals surface area contributed by atoms with Crippen molar-refractivity contribution in [2.75, 3.05) is 5.32 Å². The molecule has 0 spiro atoms. The van der Waals surface area contributed by atoms with E-state index in [1.165, 1.54) is 36.6 Å². The lowest BCUT2D eigenvalue weighted by Gasteiger charge is -2.08. The third-order valence-electron chi connectivity index (χ3n) is 4.99. The van der Waals surface area contributed by atoms with E-state index in [4.69, 9.17) is 9.15 Å². The third-order valence-corrected chi connectivity index (χ3v) is 4.99. The molecule has 0 aliphatic heterocycles. The highest BCUT2D eigenvalue weighted by molar-refractivity contribution is 6.03. The first-order chi connectivity index (χ1) is 18.0. The molecular formula is C28H21N3O6. The van der Waals surface area contributed by atoms with E-state index in [2.05, 4.69) is 16.2 Å². The van der Waals surface area contributed by atoms with Crippen molar-refractivity contribution in [1.29, 1.82) is 0 Å². The monoisotopic (exact) mass is 495 g/mol. The smallest absolute Gasteiger partial charge is 0.343 e. The molecule has 3 N–H and O–H groups in total. The largest absolute Gasteiger partial charge is 0.459 e. The summed E-state index contributed by atoms with van der Waals surface area (Å²) < 4.78 is 10.5. The summed E-state index contributed by atoms with van der Waals surface area (Å²) in [5.41, 5.74) is 6.23. The van der Waals surface area contributed by atoms with Crippen molar-refractivity contribution in [2.45, 2.75) is 0 Å². The van der Waals surface area contributed by atoms with Gasteiger partial charge in [0.25, 0.3) is 17.7 Å². The highest BCUT2D eigenvalue weighted by Crippen LogP contribution is 2.21. The first-order valence-electron chi connectivity index (χ1n) is 11.1. The number of hydrazine groups is 1. The molecule has 0 unspecified atom stereocenters. The van der Waals surface area contributed by atoms with E-state index in [0.717, 1.165) is 0 Å². The van der Waals surface area contributed by atoms with Gasteiger partial charge < -0.3 is 14.5 Å². The summed E-state index contributed by atoms with van der Waals surface area (Å²) >= 11 is 0. The molecule has 0 atom stereocenters. The number of anilines is 1. The molecular weight excluding hydrogens is 474 g/mol. The molecule has 3 amide bonds. The molecule has 0 bridgehead atoms. The lowest BCUT2D eigenvalue weighted by molar-refractivity contribution is -0.117. The Balaban J connectivity index is 1.30. The zero-order valence-corrected chi connectivity index (χ0v) is 19.3. The fourth-order valence-corrected chi connectivity index (χ4v) is 3.15. The summed E-state index contributed by atoms with van der Waals surface area (Å²) in [5.74, 6) is -1.65. The van der Waals surface area contributed by atoms with Crippen LogP contribution in [0.1, 0.15) is 36.8 Å². The summed E-state index contributed by atoms with van der Waals surface area (Å²) in [6, 6.07) is 24.5. The Bertz CT molecular complexity index is 1430. The first-order valence-corrected chi connectivity index (χ1v) is 11.1. The lowest BCUT2D eigenvalue weighted by Crippen LogP contribution is -2.40. The van der Waals surface area contributed by atoms with E-state index in [-0.39, 0.29) is 17.1 Å². The summed E-state index contributed by atoms with van der Waals surface area (Å²) in [6.45, 7) is 0. The number of amides is 3. The van der Waals surface area contributed by atoms with E-state index in [9.17, 15) is 19.2 Å². The van der Waals surface area contributed by atoms with Crippen LogP contribution in [0.15, 0.2) is 108 Å². The SMILES string of the molecule is O=C(/C=C/c1ccccc1OC(=O)c1ccccc1)NNC(=O)c1ccc(NC(=O)c2ccco2)cc1. The van der Waals surface area contributed by atoms with Crippen LogP contribution in [0.3, 0.4) is 0 Å². The number of furan rings is 1. The van der Waals surface area contributed by atoms with Crippen LogP contribution in [-0.4, -0.2) is 23.7 Å². The summed E-state index contributed by atoms with van der Waals surface area (Å²) in [4.78, 5) is 48.9. The second kappa shape index (κ2) is 11.8. The number of para-hydroxylation sites is 1. The maximum absolute atomic E-state index is 12.3. The minimum atomic E-state index is -0.597. The van der Waals surface area contributed by atoms with E-state index >= 15 is 0 Å². The lowest BCUT2D eigenvalue weighted by atomic mass is 10.2. The molecule has 1 aromatic heterocycles. The quantitative estimate of drug-likeness (QED) is 0.152. The van der Waals surface area contributed by atoms with Gasteiger partial charge in [0.2, 0.25) is 0 Å². The van der Waals surface area contributed by atoms with Crippen LogP contribution < -0.4 is 20.9 Å². The number of hydrogen-bond acceptors (Lipinski definition) is 6. The normalized spacial score (nSPS) is 10.5. The molecule has 4 aromatic rings. The topological polar surface area (TPSA) is 127 Å². The predicted octanol–water partition coefficient (Wildman–Crippen LogP) is 4.23. The van der Waals surface area contributed by atoms with Crippen LogP contribution >= 0.6 is 0 Å². The second-order valence-electron chi connectivity index (χ2n) is 7.58. The number of benzene rings is 3. The van der Waals surface area contributed by atoms with Crippen LogP contribution in [0.25, 0.3) is 6.08 Å². The van der Waals surface area contributed by atoms with Crippen molar-refractivity contribution in [3.05, 3.63) is 126 Å². The van der Waals surface area contributed by atoms with Crippen LogP contribution in [-0.2, 0) is 4.79 Å². The van der Waals surface area contributed by atoms with Gasteiger partial charge in [0, 0.05) is 22.9 Å². The standard InChI is InChI=1S/C28H21N3O6/c32-25(17-14-19-7-4-5-10-23(19)37-28(35)21-8-2-1-3-9-21)30-31-26(33)20-12-15-22(16-13-20)29-27(34)24-11-6-18-36-24/h1-18H,(H,29,34)(H,30,32)(H,31,33)/b17-14+. The highest BCUT2D eigenvalue weighted by Gasteiger charge is 2.12. The molecule has 0 aliphatic carbocycles. The molecule has 0 saturated carbocycles. The molecule has 4 rings (SSSR count). The number of carbonyl (C=O) groups excluding carboxylic acids is 4. The number of carbonyl (C=O) groups is 4. The van der Waals surface area contributed by atoms with Gasteiger partial charge in [-0.15, -0.1) is 0 Å². The minimum absolute atomic E-state index is 0.162. The Morgan fingerprint density at radius 1 is 0.703 bits per heavy atom. The average molecular weight is 495 g/mol. The van der Waals surface area contributed by atoms with Crippen molar-refractivity contribution >= 4 is 35.5 Å². The van der Waals surface area contributed by atoms with E-state index in [1.54, 1.807) is 72.8 Å². The number of ether oxygens (including phenoxy) is 1. The van der Waals surface area contributed by atoms with Gasteiger partial charge in [-0.25, -0.2) is 4.79 Å². The fourth-order valence-electron chi connectivity index (χ4n) is 3.15. The Hall–Kier alpha value is -5.44. The molecule has 0 radical (unpaired) electrons.